The maximum Gasteiger partial charge on any atom is 0.0594 e. The fraction of sp³-hybridized carbons (Fsp3) is 0.538. The Morgan fingerprint density at radius 2 is 1.88 bits per heavy atom. The molecule has 2 N–H and O–H groups in total. The molecular weight excluding hydrogens is 200 g/mol. The van der Waals surface area contributed by atoms with Crippen LogP contribution in [0.1, 0.15) is 11.5 Å². The average molecular weight is 220 g/mol. The summed E-state index contributed by atoms with van der Waals surface area (Å²) in [5, 5.41) is 0. The molecular formula is C13H20N2O. The van der Waals surface area contributed by atoms with Gasteiger partial charge in [0.15, 0.2) is 0 Å². The van der Waals surface area contributed by atoms with Gasteiger partial charge in [-0.05, 0) is 5.56 Å². The van der Waals surface area contributed by atoms with E-state index in [4.69, 9.17) is 10.5 Å². The van der Waals surface area contributed by atoms with Gasteiger partial charge in [-0.25, -0.2) is 0 Å². The molecule has 0 radical (unpaired) electrons. The molecule has 3 nitrogen and oxygen atoms in total. The molecule has 0 amide bonds. The number of benzene rings is 1. The van der Waals surface area contributed by atoms with E-state index in [0.717, 1.165) is 32.8 Å². The quantitative estimate of drug-likeness (QED) is 0.824. The maximum atomic E-state index is 5.86. The lowest BCUT2D eigenvalue weighted by atomic mass is 9.98. The van der Waals surface area contributed by atoms with Crippen molar-refractivity contribution in [3.05, 3.63) is 35.9 Å². The minimum absolute atomic E-state index is 0.444. The molecule has 1 aromatic rings. The van der Waals surface area contributed by atoms with Crippen LogP contribution in [0.4, 0.5) is 0 Å². The lowest BCUT2D eigenvalue weighted by Crippen LogP contribution is -2.40. The third-order valence-corrected chi connectivity index (χ3v) is 3.14. The Labute approximate surface area is 97.2 Å². The number of nitrogens with zero attached hydrogens (tertiary/aromatic N) is 1. The molecule has 0 spiro atoms. The first-order valence-electron chi connectivity index (χ1n) is 5.95. The normalized spacial score (nSPS) is 19.6. The second-order valence-corrected chi connectivity index (χ2v) is 4.26. The lowest BCUT2D eigenvalue weighted by Gasteiger charge is -2.30. The minimum Gasteiger partial charge on any atom is -0.379 e. The summed E-state index contributed by atoms with van der Waals surface area (Å²) in [6, 6.07) is 10.5. The van der Waals surface area contributed by atoms with Crippen molar-refractivity contribution in [2.75, 3.05) is 39.4 Å². The highest BCUT2D eigenvalue weighted by atomic mass is 16.5. The van der Waals surface area contributed by atoms with Crippen molar-refractivity contribution in [2.45, 2.75) is 5.92 Å². The molecule has 1 fully saturated rings. The van der Waals surface area contributed by atoms with Crippen molar-refractivity contribution < 1.29 is 4.74 Å². The molecule has 0 bridgehead atoms. The number of rotatable bonds is 4. The molecule has 0 unspecified atom stereocenters. The predicted molar refractivity (Wildman–Crippen MR) is 65.5 cm³/mol. The Balaban J connectivity index is 1.94. The van der Waals surface area contributed by atoms with Gasteiger partial charge < -0.3 is 10.5 Å². The van der Waals surface area contributed by atoms with Gasteiger partial charge in [0.2, 0.25) is 0 Å². The molecule has 1 heterocycles. The van der Waals surface area contributed by atoms with E-state index >= 15 is 0 Å². The van der Waals surface area contributed by atoms with Crippen LogP contribution in [0.15, 0.2) is 30.3 Å². The number of nitrogens with two attached hydrogens (primary N) is 1. The molecule has 0 aliphatic carbocycles. The summed E-state index contributed by atoms with van der Waals surface area (Å²) < 4.78 is 5.35. The van der Waals surface area contributed by atoms with Crippen LogP contribution in [0.5, 0.6) is 0 Å². The van der Waals surface area contributed by atoms with Crippen LogP contribution in [0.25, 0.3) is 0 Å². The Bertz CT molecular complexity index is 296. The van der Waals surface area contributed by atoms with E-state index in [1.807, 2.05) is 6.07 Å². The largest absolute Gasteiger partial charge is 0.379 e. The maximum absolute atomic E-state index is 5.86. The summed E-state index contributed by atoms with van der Waals surface area (Å²) in [5.41, 5.74) is 7.21. The standard InChI is InChI=1S/C13H20N2O/c14-10-13(12-4-2-1-3-5-12)11-15-6-8-16-9-7-15/h1-5,13H,6-11,14H2/t13-/m0/s1. The second kappa shape index (κ2) is 5.99. The predicted octanol–water partition coefficient (Wildman–Crippen LogP) is 1.06. The monoisotopic (exact) mass is 220 g/mol. The molecule has 1 aliphatic heterocycles. The van der Waals surface area contributed by atoms with Crippen molar-refractivity contribution in [1.29, 1.82) is 0 Å². The topological polar surface area (TPSA) is 38.5 Å². The van der Waals surface area contributed by atoms with E-state index < -0.39 is 0 Å². The van der Waals surface area contributed by atoms with Gasteiger partial charge in [0.05, 0.1) is 13.2 Å². The summed E-state index contributed by atoms with van der Waals surface area (Å²) in [6.07, 6.45) is 0. The zero-order valence-electron chi connectivity index (χ0n) is 9.64. The van der Waals surface area contributed by atoms with Crippen molar-refractivity contribution in [3.63, 3.8) is 0 Å². The van der Waals surface area contributed by atoms with Gasteiger partial charge in [-0.1, -0.05) is 30.3 Å². The van der Waals surface area contributed by atoms with Gasteiger partial charge in [-0.3, -0.25) is 4.90 Å². The highest BCUT2D eigenvalue weighted by Crippen LogP contribution is 2.16. The van der Waals surface area contributed by atoms with E-state index in [1.54, 1.807) is 0 Å². The molecule has 0 aromatic heterocycles. The van der Waals surface area contributed by atoms with Crippen molar-refractivity contribution in [1.82, 2.24) is 4.90 Å². The van der Waals surface area contributed by atoms with Gasteiger partial charge >= 0.3 is 0 Å². The molecule has 2 rings (SSSR count). The van der Waals surface area contributed by atoms with E-state index in [1.165, 1.54) is 5.56 Å². The molecule has 1 aromatic carbocycles. The van der Waals surface area contributed by atoms with Crippen molar-refractivity contribution in [2.24, 2.45) is 5.73 Å². The van der Waals surface area contributed by atoms with Gasteiger partial charge in [0.25, 0.3) is 0 Å². The number of morpholine rings is 1. The molecule has 1 aliphatic rings. The van der Waals surface area contributed by atoms with Gasteiger partial charge in [0, 0.05) is 32.1 Å². The smallest absolute Gasteiger partial charge is 0.0594 e. The summed E-state index contributed by atoms with van der Waals surface area (Å²) in [7, 11) is 0. The van der Waals surface area contributed by atoms with Gasteiger partial charge in [0.1, 0.15) is 0 Å². The second-order valence-electron chi connectivity index (χ2n) is 4.26. The fourth-order valence-corrected chi connectivity index (χ4v) is 2.14. The highest BCUT2D eigenvalue weighted by molar-refractivity contribution is 5.20. The first-order chi connectivity index (χ1) is 7.90. The fourth-order valence-electron chi connectivity index (χ4n) is 2.14. The van der Waals surface area contributed by atoms with Crippen LogP contribution in [0, 0.1) is 0 Å². The van der Waals surface area contributed by atoms with Crippen LogP contribution in [0.3, 0.4) is 0 Å². The van der Waals surface area contributed by atoms with E-state index in [0.29, 0.717) is 12.5 Å². The van der Waals surface area contributed by atoms with Crippen LogP contribution >= 0.6 is 0 Å². The Morgan fingerprint density at radius 1 is 1.19 bits per heavy atom. The molecule has 1 atom stereocenters. The zero-order valence-corrected chi connectivity index (χ0v) is 9.64. The van der Waals surface area contributed by atoms with E-state index in [2.05, 4.69) is 29.2 Å². The average Bonchev–Trinajstić information content (AvgIpc) is 2.38. The molecule has 3 heteroatoms. The lowest BCUT2D eigenvalue weighted by molar-refractivity contribution is 0.0353. The van der Waals surface area contributed by atoms with Crippen LogP contribution in [-0.4, -0.2) is 44.3 Å². The minimum atomic E-state index is 0.444. The summed E-state index contributed by atoms with van der Waals surface area (Å²) in [4.78, 5) is 2.44. The Hall–Kier alpha value is -0.900. The van der Waals surface area contributed by atoms with Gasteiger partial charge in [-0.2, -0.15) is 0 Å². The third kappa shape index (κ3) is 3.04. The Morgan fingerprint density at radius 3 is 2.50 bits per heavy atom. The molecule has 0 saturated carbocycles. The van der Waals surface area contributed by atoms with E-state index in [9.17, 15) is 0 Å². The first kappa shape index (κ1) is 11.6. The zero-order chi connectivity index (χ0) is 11.2. The summed E-state index contributed by atoms with van der Waals surface area (Å²) in [5.74, 6) is 0.444. The van der Waals surface area contributed by atoms with Crippen molar-refractivity contribution in [3.8, 4) is 0 Å². The number of hydrogen-bond acceptors (Lipinski definition) is 3. The Kier molecular flexibility index (Phi) is 4.34. The highest BCUT2D eigenvalue weighted by Gasteiger charge is 2.16. The van der Waals surface area contributed by atoms with Gasteiger partial charge in [-0.15, -0.1) is 0 Å². The summed E-state index contributed by atoms with van der Waals surface area (Å²) in [6.45, 7) is 5.52. The first-order valence-corrected chi connectivity index (χ1v) is 5.95. The molecule has 1 saturated heterocycles. The SMILES string of the molecule is NC[C@@H](CN1CCOCC1)c1ccccc1. The summed E-state index contributed by atoms with van der Waals surface area (Å²) >= 11 is 0. The number of hydrogen-bond donors (Lipinski definition) is 1. The third-order valence-electron chi connectivity index (χ3n) is 3.14. The van der Waals surface area contributed by atoms with E-state index in [-0.39, 0.29) is 0 Å². The van der Waals surface area contributed by atoms with Crippen LogP contribution < -0.4 is 5.73 Å². The van der Waals surface area contributed by atoms with Crippen LogP contribution in [0.2, 0.25) is 0 Å². The number of ether oxygens (including phenoxy) is 1. The molecule has 88 valence electrons. The van der Waals surface area contributed by atoms with Crippen molar-refractivity contribution >= 4 is 0 Å². The van der Waals surface area contributed by atoms with Crippen LogP contribution in [-0.2, 0) is 4.74 Å². The molecule has 16 heavy (non-hydrogen) atoms.